The van der Waals surface area contributed by atoms with E-state index < -0.39 is 0 Å². The maximum atomic E-state index is 12.1. The highest BCUT2D eigenvalue weighted by atomic mass is 35.5. The first-order valence-corrected chi connectivity index (χ1v) is 7.24. The Hall–Kier alpha value is -1.91. The van der Waals surface area contributed by atoms with Crippen molar-refractivity contribution >= 4 is 34.8 Å². The second-order valence-electron chi connectivity index (χ2n) is 4.57. The van der Waals surface area contributed by atoms with Gasteiger partial charge in [0.2, 0.25) is 5.91 Å². The summed E-state index contributed by atoms with van der Waals surface area (Å²) in [5, 5.41) is 3.69. The van der Waals surface area contributed by atoms with Gasteiger partial charge in [0.05, 0.1) is 30.7 Å². The molecular weight excluding hydrogens is 325 g/mol. The third-order valence-electron chi connectivity index (χ3n) is 2.98. The van der Waals surface area contributed by atoms with Crippen LogP contribution in [0.25, 0.3) is 0 Å². The summed E-state index contributed by atoms with van der Waals surface area (Å²) in [7, 11) is 3.10. The summed E-state index contributed by atoms with van der Waals surface area (Å²) in [6.07, 6.45) is 0.191. The summed E-state index contributed by atoms with van der Waals surface area (Å²) in [5.41, 5.74) is 1.38. The lowest BCUT2D eigenvalue weighted by Gasteiger charge is -2.10. The van der Waals surface area contributed by atoms with E-state index >= 15 is 0 Å². The zero-order valence-electron chi connectivity index (χ0n) is 12.2. The summed E-state index contributed by atoms with van der Waals surface area (Å²) < 4.78 is 10.3. The van der Waals surface area contributed by atoms with Crippen LogP contribution < -0.4 is 14.8 Å². The number of nitrogens with one attached hydrogen (secondary N) is 1. The van der Waals surface area contributed by atoms with Crippen molar-refractivity contribution in [2.24, 2.45) is 0 Å². The Balaban J connectivity index is 2.09. The lowest BCUT2D eigenvalue weighted by Crippen LogP contribution is -2.14. The molecule has 0 radical (unpaired) electrons. The van der Waals surface area contributed by atoms with E-state index in [4.69, 9.17) is 32.7 Å². The average molecular weight is 340 g/mol. The molecule has 0 bridgehead atoms. The number of ether oxygens (including phenoxy) is 2. The van der Waals surface area contributed by atoms with Crippen molar-refractivity contribution in [2.45, 2.75) is 6.42 Å². The molecule has 0 aromatic heterocycles. The van der Waals surface area contributed by atoms with Crippen molar-refractivity contribution in [3.05, 3.63) is 52.0 Å². The van der Waals surface area contributed by atoms with Gasteiger partial charge >= 0.3 is 0 Å². The zero-order chi connectivity index (χ0) is 16.1. The van der Waals surface area contributed by atoms with Crippen LogP contribution in [-0.2, 0) is 11.2 Å². The molecule has 2 aromatic rings. The molecule has 116 valence electrons. The van der Waals surface area contributed by atoms with Gasteiger partial charge in [0.25, 0.3) is 0 Å². The van der Waals surface area contributed by atoms with Gasteiger partial charge in [0.15, 0.2) is 0 Å². The van der Waals surface area contributed by atoms with E-state index in [-0.39, 0.29) is 12.3 Å². The number of carbonyl (C=O) groups excluding carboxylic acids is 1. The molecule has 0 fully saturated rings. The van der Waals surface area contributed by atoms with Gasteiger partial charge in [0.1, 0.15) is 11.5 Å². The fourth-order valence-electron chi connectivity index (χ4n) is 1.92. The Labute approximate surface area is 138 Å². The molecule has 1 amide bonds. The molecule has 4 nitrogen and oxygen atoms in total. The standard InChI is InChI=1S/C16H15Cl2NO3/c1-21-12-7-11(8-13(9-12)22-2)19-16(20)6-10-3-4-14(17)15(18)5-10/h3-5,7-9H,6H2,1-2H3,(H,19,20). The Morgan fingerprint density at radius 2 is 1.64 bits per heavy atom. The molecular formula is C16H15Cl2NO3. The van der Waals surface area contributed by atoms with Gasteiger partial charge in [-0.1, -0.05) is 29.3 Å². The van der Waals surface area contributed by atoms with E-state index in [1.165, 1.54) is 0 Å². The molecule has 2 aromatic carbocycles. The predicted molar refractivity (Wildman–Crippen MR) is 88.3 cm³/mol. The summed E-state index contributed by atoms with van der Waals surface area (Å²) in [4.78, 5) is 12.1. The minimum Gasteiger partial charge on any atom is -0.497 e. The molecule has 0 unspecified atom stereocenters. The van der Waals surface area contributed by atoms with E-state index in [0.717, 1.165) is 5.56 Å². The second-order valence-corrected chi connectivity index (χ2v) is 5.39. The molecule has 0 spiro atoms. The number of rotatable bonds is 5. The van der Waals surface area contributed by atoms with Crippen molar-refractivity contribution in [1.29, 1.82) is 0 Å². The van der Waals surface area contributed by atoms with Gasteiger partial charge in [-0.2, -0.15) is 0 Å². The van der Waals surface area contributed by atoms with Gasteiger partial charge in [-0.25, -0.2) is 0 Å². The van der Waals surface area contributed by atoms with Gasteiger partial charge in [0, 0.05) is 23.9 Å². The molecule has 1 N–H and O–H groups in total. The lowest BCUT2D eigenvalue weighted by molar-refractivity contribution is -0.115. The summed E-state index contributed by atoms with van der Waals surface area (Å²) in [6, 6.07) is 10.3. The average Bonchev–Trinajstić information content (AvgIpc) is 2.50. The van der Waals surface area contributed by atoms with Crippen LogP contribution >= 0.6 is 23.2 Å². The molecule has 6 heteroatoms. The van der Waals surface area contributed by atoms with Crippen LogP contribution in [-0.4, -0.2) is 20.1 Å². The van der Waals surface area contributed by atoms with Crippen molar-refractivity contribution in [3.8, 4) is 11.5 Å². The van der Waals surface area contributed by atoms with Crippen LogP contribution in [0.1, 0.15) is 5.56 Å². The number of anilines is 1. The fraction of sp³-hybridized carbons (Fsp3) is 0.188. The Kier molecular flexibility index (Phi) is 5.52. The SMILES string of the molecule is COc1cc(NC(=O)Cc2ccc(Cl)c(Cl)c2)cc(OC)c1. The quantitative estimate of drug-likeness (QED) is 0.888. The first-order chi connectivity index (χ1) is 10.5. The number of amides is 1. The highest BCUT2D eigenvalue weighted by Gasteiger charge is 2.08. The Morgan fingerprint density at radius 1 is 1.00 bits per heavy atom. The number of hydrogen-bond acceptors (Lipinski definition) is 3. The predicted octanol–water partition coefficient (Wildman–Crippen LogP) is 4.19. The van der Waals surface area contributed by atoms with Crippen molar-refractivity contribution < 1.29 is 14.3 Å². The number of hydrogen-bond donors (Lipinski definition) is 1. The lowest BCUT2D eigenvalue weighted by atomic mass is 10.1. The molecule has 2 rings (SSSR count). The number of methoxy groups -OCH3 is 2. The molecule has 0 atom stereocenters. The fourth-order valence-corrected chi connectivity index (χ4v) is 2.24. The molecule has 0 aliphatic rings. The van der Waals surface area contributed by atoms with E-state index in [9.17, 15) is 4.79 Å². The summed E-state index contributed by atoms with van der Waals surface area (Å²) >= 11 is 11.8. The third-order valence-corrected chi connectivity index (χ3v) is 3.72. The topological polar surface area (TPSA) is 47.6 Å². The number of benzene rings is 2. The van der Waals surface area contributed by atoms with Crippen LogP contribution in [0, 0.1) is 0 Å². The molecule has 0 heterocycles. The normalized spacial score (nSPS) is 10.2. The number of halogens is 2. The van der Waals surface area contributed by atoms with Gasteiger partial charge in [-0.3, -0.25) is 4.79 Å². The van der Waals surface area contributed by atoms with E-state index in [2.05, 4.69) is 5.32 Å². The number of carbonyl (C=O) groups is 1. The highest BCUT2D eigenvalue weighted by molar-refractivity contribution is 6.42. The molecule has 0 aliphatic heterocycles. The maximum absolute atomic E-state index is 12.1. The summed E-state index contributed by atoms with van der Waals surface area (Å²) in [6.45, 7) is 0. The van der Waals surface area contributed by atoms with Gasteiger partial charge in [-0.05, 0) is 17.7 Å². The van der Waals surface area contributed by atoms with Crippen LogP contribution in [0.5, 0.6) is 11.5 Å². The molecule has 0 aliphatic carbocycles. The van der Waals surface area contributed by atoms with Crippen LogP contribution in [0.4, 0.5) is 5.69 Å². The van der Waals surface area contributed by atoms with Gasteiger partial charge in [-0.15, -0.1) is 0 Å². The monoisotopic (exact) mass is 339 g/mol. The maximum Gasteiger partial charge on any atom is 0.228 e. The largest absolute Gasteiger partial charge is 0.497 e. The van der Waals surface area contributed by atoms with Crippen molar-refractivity contribution in [2.75, 3.05) is 19.5 Å². The highest BCUT2D eigenvalue weighted by Crippen LogP contribution is 2.26. The first-order valence-electron chi connectivity index (χ1n) is 6.48. The van der Waals surface area contributed by atoms with E-state index in [1.807, 2.05) is 0 Å². The van der Waals surface area contributed by atoms with Crippen LogP contribution in [0.3, 0.4) is 0 Å². The molecule has 0 saturated heterocycles. The summed E-state index contributed by atoms with van der Waals surface area (Å²) in [5.74, 6) is 1.03. The third kappa shape index (κ3) is 4.29. The van der Waals surface area contributed by atoms with E-state index in [0.29, 0.717) is 27.2 Å². The molecule has 22 heavy (non-hydrogen) atoms. The minimum atomic E-state index is -0.173. The van der Waals surface area contributed by atoms with Crippen molar-refractivity contribution in [3.63, 3.8) is 0 Å². The minimum absolute atomic E-state index is 0.173. The van der Waals surface area contributed by atoms with Crippen LogP contribution in [0.15, 0.2) is 36.4 Å². The smallest absolute Gasteiger partial charge is 0.228 e. The Bertz CT molecular complexity index is 667. The first kappa shape index (κ1) is 16.5. The Morgan fingerprint density at radius 3 is 2.18 bits per heavy atom. The zero-order valence-corrected chi connectivity index (χ0v) is 13.7. The molecule has 0 saturated carbocycles. The van der Waals surface area contributed by atoms with Gasteiger partial charge < -0.3 is 14.8 Å². The second kappa shape index (κ2) is 7.38. The van der Waals surface area contributed by atoms with Crippen LogP contribution in [0.2, 0.25) is 10.0 Å². The van der Waals surface area contributed by atoms with E-state index in [1.54, 1.807) is 50.6 Å². The van der Waals surface area contributed by atoms with Crippen molar-refractivity contribution in [1.82, 2.24) is 0 Å².